The Hall–Kier alpha value is -1.57. The fourth-order valence-electron chi connectivity index (χ4n) is 3.46. The fourth-order valence-corrected chi connectivity index (χ4v) is 3.46. The van der Waals surface area contributed by atoms with Crippen molar-refractivity contribution in [2.24, 2.45) is 29.4 Å². The Balaban J connectivity index is 0.000000236. The third kappa shape index (κ3) is 4.04. The van der Waals surface area contributed by atoms with Crippen LogP contribution in [-0.2, 0) is 14.3 Å². The Morgan fingerprint density at radius 3 is 2.30 bits per heavy atom. The highest BCUT2D eigenvalue weighted by Crippen LogP contribution is 2.52. The lowest BCUT2D eigenvalue weighted by Gasteiger charge is -2.28. The number of alkyl halides is 3. The van der Waals surface area contributed by atoms with Gasteiger partial charge in [-0.3, -0.25) is 4.79 Å². The number of carboxylic acid groups (broad SMARTS) is 1. The molecule has 0 aromatic rings. The monoisotopic (exact) mass is 335 g/mol. The van der Waals surface area contributed by atoms with E-state index in [2.05, 4.69) is 6.08 Å². The second kappa shape index (κ2) is 6.51. The molecular formula is C15H20F3NO4. The van der Waals surface area contributed by atoms with Crippen molar-refractivity contribution in [1.29, 1.82) is 0 Å². The molecule has 23 heavy (non-hydrogen) atoms. The average Bonchev–Trinajstić information content (AvgIpc) is 3.09. The Morgan fingerprint density at radius 1 is 1.35 bits per heavy atom. The summed E-state index contributed by atoms with van der Waals surface area (Å²) in [5.74, 6) is -1.25. The molecule has 3 fully saturated rings. The molecule has 2 bridgehead atoms. The summed E-state index contributed by atoms with van der Waals surface area (Å²) in [5.41, 5.74) is 7.61. The van der Waals surface area contributed by atoms with Crippen LogP contribution in [0.5, 0.6) is 0 Å². The van der Waals surface area contributed by atoms with E-state index in [0.29, 0.717) is 11.8 Å². The minimum Gasteiger partial charge on any atom is -0.475 e. The van der Waals surface area contributed by atoms with Gasteiger partial charge in [0.15, 0.2) is 0 Å². The summed E-state index contributed by atoms with van der Waals surface area (Å²) in [6.07, 6.45) is 2.20. The number of nitrogens with two attached hydrogens (primary N) is 1. The second-order valence-corrected chi connectivity index (χ2v) is 6.31. The van der Waals surface area contributed by atoms with Crippen molar-refractivity contribution in [1.82, 2.24) is 0 Å². The standard InChI is InChI=1S/C13H19NO2.C2HF3O2/c1-16-13(15)11-10-6-9(12(11)14)5-8(10)4-7-2-3-7;3-2(4,5)1(6)7/h4,7,9-12H,2-3,5-6,14H2,1H3;(H,6,7)/t9-,10-,11-,12+;/m0./s1. The van der Waals surface area contributed by atoms with Crippen LogP contribution >= 0.6 is 0 Å². The topological polar surface area (TPSA) is 89.6 Å². The van der Waals surface area contributed by atoms with Gasteiger partial charge in [-0.15, -0.1) is 0 Å². The first-order chi connectivity index (χ1) is 10.6. The van der Waals surface area contributed by atoms with Crippen molar-refractivity contribution in [2.75, 3.05) is 7.11 Å². The van der Waals surface area contributed by atoms with Crippen LogP contribution in [0.25, 0.3) is 0 Å². The van der Waals surface area contributed by atoms with E-state index < -0.39 is 12.1 Å². The number of hydrogen-bond acceptors (Lipinski definition) is 4. The van der Waals surface area contributed by atoms with Crippen molar-refractivity contribution in [3.8, 4) is 0 Å². The van der Waals surface area contributed by atoms with Gasteiger partial charge in [0.05, 0.1) is 13.0 Å². The molecule has 0 aromatic carbocycles. The number of carboxylic acids is 1. The predicted molar refractivity (Wildman–Crippen MR) is 74.2 cm³/mol. The van der Waals surface area contributed by atoms with Gasteiger partial charge in [-0.25, -0.2) is 4.79 Å². The number of fused-ring (bicyclic) bond motifs is 2. The van der Waals surface area contributed by atoms with E-state index in [1.54, 1.807) is 0 Å². The molecule has 0 spiro atoms. The van der Waals surface area contributed by atoms with E-state index in [1.165, 1.54) is 25.5 Å². The lowest BCUT2D eigenvalue weighted by Crippen LogP contribution is -2.41. The predicted octanol–water partition coefficient (Wildman–Crippen LogP) is 2.11. The molecule has 0 aliphatic heterocycles. The van der Waals surface area contributed by atoms with E-state index >= 15 is 0 Å². The summed E-state index contributed by atoms with van der Waals surface area (Å²) >= 11 is 0. The number of methoxy groups -OCH3 is 1. The number of hydrogen-bond donors (Lipinski definition) is 2. The number of allylic oxidation sites excluding steroid dienone is 2. The summed E-state index contributed by atoms with van der Waals surface area (Å²) in [5, 5.41) is 7.12. The lowest BCUT2D eigenvalue weighted by atomic mass is 9.81. The molecule has 0 saturated heterocycles. The summed E-state index contributed by atoms with van der Waals surface area (Å²) in [6, 6.07) is 0.0220. The van der Waals surface area contributed by atoms with Crippen molar-refractivity contribution < 1.29 is 32.6 Å². The zero-order chi connectivity index (χ0) is 17.4. The quantitative estimate of drug-likeness (QED) is 0.596. The van der Waals surface area contributed by atoms with Gasteiger partial charge in [0.1, 0.15) is 0 Å². The van der Waals surface area contributed by atoms with E-state index in [-0.39, 0.29) is 17.9 Å². The van der Waals surface area contributed by atoms with Crippen molar-refractivity contribution >= 4 is 11.9 Å². The van der Waals surface area contributed by atoms with Crippen LogP contribution in [0.1, 0.15) is 25.7 Å². The molecule has 0 unspecified atom stereocenters. The molecular weight excluding hydrogens is 315 g/mol. The first-order valence-corrected chi connectivity index (χ1v) is 7.49. The third-order valence-electron chi connectivity index (χ3n) is 4.71. The Bertz CT molecular complexity index is 513. The third-order valence-corrected chi connectivity index (χ3v) is 4.71. The van der Waals surface area contributed by atoms with Crippen molar-refractivity contribution in [3.05, 3.63) is 11.6 Å². The number of halogens is 3. The van der Waals surface area contributed by atoms with Crippen molar-refractivity contribution in [3.63, 3.8) is 0 Å². The maximum absolute atomic E-state index is 11.7. The first-order valence-electron chi connectivity index (χ1n) is 7.49. The van der Waals surface area contributed by atoms with Crippen molar-refractivity contribution in [2.45, 2.75) is 37.9 Å². The number of ether oxygens (including phenoxy) is 1. The second-order valence-electron chi connectivity index (χ2n) is 6.31. The summed E-state index contributed by atoms with van der Waals surface area (Å²) in [4.78, 5) is 20.6. The minimum absolute atomic E-state index is 0.0220. The minimum atomic E-state index is -5.08. The van der Waals surface area contributed by atoms with Gasteiger partial charge in [0.2, 0.25) is 0 Å². The molecule has 0 amide bonds. The number of carbonyl (C=O) groups is 2. The van der Waals surface area contributed by atoms with Gasteiger partial charge in [-0.1, -0.05) is 11.6 Å². The van der Waals surface area contributed by atoms with Crippen LogP contribution in [0.2, 0.25) is 0 Å². The Labute approximate surface area is 131 Å². The van der Waals surface area contributed by atoms with Gasteiger partial charge in [0, 0.05) is 6.04 Å². The summed E-state index contributed by atoms with van der Waals surface area (Å²) in [6.45, 7) is 0. The van der Waals surface area contributed by atoms with Gasteiger partial charge in [-0.05, 0) is 43.4 Å². The highest BCUT2D eigenvalue weighted by molar-refractivity contribution is 5.75. The molecule has 0 heterocycles. The molecule has 4 atom stereocenters. The van der Waals surface area contributed by atoms with E-state index in [1.807, 2.05) is 0 Å². The van der Waals surface area contributed by atoms with Crippen LogP contribution in [-0.4, -0.2) is 36.4 Å². The largest absolute Gasteiger partial charge is 0.490 e. The summed E-state index contributed by atoms with van der Waals surface area (Å²) in [7, 11) is 1.46. The van der Waals surface area contributed by atoms with E-state index in [0.717, 1.165) is 18.8 Å². The van der Waals surface area contributed by atoms with Crippen LogP contribution < -0.4 is 5.73 Å². The van der Waals surface area contributed by atoms with Gasteiger partial charge >= 0.3 is 18.1 Å². The molecule has 3 aliphatic rings. The molecule has 130 valence electrons. The zero-order valence-corrected chi connectivity index (χ0v) is 12.7. The number of rotatable bonds is 2. The maximum Gasteiger partial charge on any atom is 0.490 e. The van der Waals surface area contributed by atoms with Gasteiger partial charge in [0.25, 0.3) is 0 Å². The zero-order valence-electron chi connectivity index (χ0n) is 12.7. The SMILES string of the molecule is COC(=O)[C@@H]1[C@H](N)[C@H]2CC(=CC3CC3)[C@@H]1C2.O=C(O)C(F)(F)F. The first kappa shape index (κ1) is 17.8. The molecule has 8 heteroatoms. The van der Waals surface area contributed by atoms with Crippen LogP contribution in [0, 0.1) is 23.7 Å². The van der Waals surface area contributed by atoms with Gasteiger partial charge in [-0.2, -0.15) is 13.2 Å². The van der Waals surface area contributed by atoms with E-state index in [4.69, 9.17) is 20.4 Å². The number of carbonyl (C=O) groups excluding carboxylic acids is 1. The molecule has 3 rings (SSSR count). The molecule has 3 aliphatic carbocycles. The molecule has 0 radical (unpaired) electrons. The fraction of sp³-hybridized carbons (Fsp3) is 0.733. The normalized spacial score (nSPS) is 34.0. The highest BCUT2D eigenvalue weighted by Gasteiger charge is 2.52. The number of aliphatic carboxylic acids is 1. The van der Waals surface area contributed by atoms with E-state index in [9.17, 15) is 18.0 Å². The van der Waals surface area contributed by atoms with Crippen LogP contribution in [0.3, 0.4) is 0 Å². The molecule has 5 nitrogen and oxygen atoms in total. The molecule has 3 N–H and O–H groups in total. The molecule has 0 aromatic heterocycles. The Kier molecular flexibility index (Phi) is 5.03. The average molecular weight is 335 g/mol. The Morgan fingerprint density at radius 2 is 1.91 bits per heavy atom. The molecule has 3 saturated carbocycles. The van der Waals surface area contributed by atoms with Crippen LogP contribution in [0.15, 0.2) is 11.6 Å². The highest BCUT2D eigenvalue weighted by atomic mass is 19.4. The van der Waals surface area contributed by atoms with Gasteiger partial charge < -0.3 is 15.6 Å². The smallest absolute Gasteiger partial charge is 0.475 e. The maximum atomic E-state index is 11.7. The van der Waals surface area contributed by atoms with Crippen LogP contribution in [0.4, 0.5) is 13.2 Å². The number of esters is 1. The summed E-state index contributed by atoms with van der Waals surface area (Å²) < 4.78 is 36.6. The lowest BCUT2D eigenvalue weighted by molar-refractivity contribution is -0.192.